The van der Waals surface area contributed by atoms with Crippen molar-refractivity contribution in [3.63, 3.8) is 0 Å². The summed E-state index contributed by atoms with van der Waals surface area (Å²) in [5, 5.41) is 9.39. The lowest BCUT2D eigenvalue weighted by molar-refractivity contribution is 0.368. The Kier molecular flexibility index (Phi) is 3.98. The van der Waals surface area contributed by atoms with Gasteiger partial charge in [-0.2, -0.15) is 4.98 Å². The predicted molar refractivity (Wildman–Crippen MR) is 102 cm³/mol. The Morgan fingerprint density at radius 2 is 1.78 bits per heavy atom. The van der Waals surface area contributed by atoms with Gasteiger partial charge >= 0.3 is 0 Å². The van der Waals surface area contributed by atoms with Gasteiger partial charge < -0.3 is 4.52 Å². The van der Waals surface area contributed by atoms with Crippen LogP contribution in [-0.2, 0) is 10.0 Å². The number of hydrogen-bond donors (Lipinski definition) is 1. The van der Waals surface area contributed by atoms with Crippen LogP contribution < -0.4 is 5.14 Å². The quantitative estimate of drug-likeness (QED) is 0.742. The van der Waals surface area contributed by atoms with E-state index in [9.17, 15) is 8.42 Å². The molecule has 0 radical (unpaired) electrons. The zero-order valence-electron chi connectivity index (χ0n) is 15.4. The summed E-state index contributed by atoms with van der Waals surface area (Å²) in [6, 6.07) is 15.0. The average molecular weight is 383 g/mol. The van der Waals surface area contributed by atoms with Gasteiger partial charge in [0, 0.05) is 11.5 Å². The van der Waals surface area contributed by atoms with Gasteiger partial charge in [-0.05, 0) is 29.5 Å². The van der Waals surface area contributed by atoms with Crippen molar-refractivity contribution in [1.82, 2.24) is 10.1 Å². The molecule has 0 spiro atoms. The molecule has 1 heterocycles. The molecule has 1 fully saturated rings. The van der Waals surface area contributed by atoms with Crippen LogP contribution in [-0.4, -0.2) is 18.6 Å². The Balaban J connectivity index is 1.65. The molecule has 1 aliphatic rings. The third-order valence-electron chi connectivity index (χ3n) is 5.43. The van der Waals surface area contributed by atoms with Gasteiger partial charge in [-0.15, -0.1) is 0 Å². The normalized spacial score (nSPS) is 21.2. The Bertz CT molecular complexity index is 1100. The summed E-state index contributed by atoms with van der Waals surface area (Å²) in [4.78, 5) is 4.76. The van der Waals surface area contributed by atoms with Crippen LogP contribution in [0.2, 0.25) is 0 Å². The van der Waals surface area contributed by atoms with Crippen molar-refractivity contribution in [3.8, 4) is 11.4 Å². The highest BCUT2D eigenvalue weighted by Crippen LogP contribution is 2.69. The summed E-state index contributed by atoms with van der Waals surface area (Å²) >= 11 is 0. The minimum Gasteiger partial charge on any atom is -0.339 e. The van der Waals surface area contributed by atoms with Crippen LogP contribution in [0.5, 0.6) is 0 Å². The van der Waals surface area contributed by atoms with Gasteiger partial charge in [0.15, 0.2) is 0 Å². The molecule has 1 aliphatic carbocycles. The molecule has 0 amide bonds. The van der Waals surface area contributed by atoms with Crippen molar-refractivity contribution in [3.05, 3.63) is 65.5 Å². The molecule has 2 aromatic carbocycles. The molecule has 140 valence electrons. The topological polar surface area (TPSA) is 99.1 Å². The first-order valence-electron chi connectivity index (χ1n) is 8.72. The van der Waals surface area contributed by atoms with Gasteiger partial charge in [0.25, 0.3) is 0 Å². The van der Waals surface area contributed by atoms with E-state index in [1.165, 1.54) is 0 Å². The number of aryl methyl sites for hydroxylation is 1. The Labute approximate surface area is 158 Å². The SMILES string of the molecule is Cc1cc([C@H]2[C@H](c3nc(-c4ccccc4)no3)C2(C)C)ccc1S(N)(=O)=O. The number of aromatic nitrogens is 2. The molecule has 1 saturated carbocycles. The monoisotopic (exact) mass is 383 g/mol. The molecule has 4 rings (SSSR count). The van der Waals surface area contributed by atoms with E-state index in [1.807, 2.05) is 42.5 Å². The first-order valence-corrected chi connectivity index (χ1v) is 10.3. The van der Waals surface area contributed by atoms with E-state index in [4.69, 9.17) is 9.66 Å². The van der Waals surface area contributed by atoms with Gasteiger partial charge in [-0.25, -0.2) is 13.6 Å². The van der Waals surface area contributed by atoms with Gasteiger partial charge in [-0.3, -0.25) is 0 Å². The highest BCUT2D eigenvalue weighted by Gasteiger charge is 2.62. The molecule has 2 N–H and O–H groups in total. The summed E-state index contributed by atoms with van der Waals surface area (Å²) in [7, 11) is -3.72. The lowest BCUT2D eigenvalue weighted by Gasteiger charge is -2.08. The van der Waals surface area contributed by atoms with Crippen molar-refractivity contribution in [2.45, 2.75) is 37.5 Å². The number of hydrogen-bond acceptors (Lipinski definition) is 5. The van der Waals surface area contributed by atoms with E-state index in [2.05, 4.69) is 24.0 Å². The Hall–Kier alpha value is -2.51. The standard InChI is InChI=1S/C20H21N3O3S/c1-12-11-14(9-10-15(12)27(21,24)25)16-17(20(16,2)3)19-22-18(23-26-19)13-7-5-4-6-8-13/h4-11,16-17H,1-3H3,(H2,21,24,25)/t16-,17+/m0/s1. The van der Waals surface area contributed by atoms with Crippen molar-refractivity contribution in [2.75, 3.05) is 0 Å². The van der Waals surface area contributed by atoms with Crippen LogP contribution in [0.3, 0.4) is 0 Å². The fraction of sp³-hybridized carbons (Fsp3) is 0.300. The van der Waals surface area contributed by atoms with Crippen LogP contribution in [0.4, 0.5) is 0 Å². The van der Waals surface area contributed by atoms with Gasteiger partial charge in [-0.1, -0.05) is 61.5 Å². The second-order valence-corrected chi connectivity index (χ2v) is 9.20. The highest BCUT2D eigenvalue weighted by molar-refractivity contribution is 7.89. The summed E-state index contributed by atoms with van der Waals surface area (Å²) in [5.74, 6) is 1.45. The fourth-order valence-corrected chi connectivity index (χ4v) is 4.74. The molecular formula is C20H21N3O3S. The van der Waals surface area contributed by atoms with E-state index in [0.717, 1.165) is 11.1 Å². The first-order chi connectivity index (χ1) is 12.7. The van der Waals surface area contributed by atoms with Crippen LogP contribution in [0.25, 0.3) is 11.4 Å². The average Bonchev–Trinajstić information content (AvgIpc) is 2.94. The number of nitrogens with two attached hydrogens (primary N) is 1. The number of primary sulfonamides is 1. The van der Waals surface area contributed by atoms with Crippen molar-refractivity contribution in [1.29, 1.82) is 0 Å². The summed E-state index contributed by atoms with van der Waals surface area (Å²) < 4.78 is 28.9. The third kappa shape index (κ3) is 3.07. The molecule has 6 nitrogen and oxygen atoms in total. The van der Waals surface area contributed by atoms with Crippen LogP contribution in [0.1, 0.15) is 42.7 Å². The zero-order chi connectivity index (χ0) is 19.4. The summed E-state index contributed by atoms with van der Waals surface area (Å²) in [6.45, 7) is 6.06. The van der Waals surface area contributed by atoms with E-state index >= 15 is 0 Å². The smallest absolute Gasteiger partial charge is 0.238 e. The molecule has 1 aromatic heterocycles. The molecule has 0 saturated heterocycles. The van der Waals surface area contributed by atoms with E-state index in [-0.39, 0.29) is 22.1 Å². The Morgan fingerprint density at radius 3 is 2.41 bits per heavy atom. The van der Waals surface area contributed by atoms with E-state index in [0.29, 0.717) is 17.3 Å². The molecule has 0 unspecified atom stereocenters. The number of sulfonamides is 1. The summed E-state index contributed by atoms with van der Waals surface area (Å²) in [6.07, 6.45) is 0. The molecule has 3 aromatic rings. The molecule has 0 aliphatic heterocycles. The number of rotatable bonds is 4. The van der Waals surface area contributed by atoms with Gasteiger partial charge in [0.2, 0.25) is 21.7 Å². The minimum absolute atomic E-state index is 0.0595. The zero-order valence-corrected chi connectivity index (χ0v) is 16.2. The number of benzene rings is 2. The fourth-order valence-electron chi connectivity index (χ4n) is 3.97. The molecular weight excluding hydrogens is 362 g/mol. The van der Waals surface area contributed by atoms with Crippen molar-refractivity contribution >= 4 is 10.0 Å². The van der Waals surface area contributed by atoms with E-state index in [1.54, 1.807) is 13.0 Å². The van der Waals surface area contributed by atoms with Crippen molar-refractivity contribution in [2.24, 2.45) is 10.6 Å². The maximum Gasteiger partial charge on any atom is 0.238 e. The largest absolute Gasteiger partial charge is 0.339 e. The second kappa shape index (κ2) is 6.00. The van der Waals surface area contributed by atoms with E-state index < -0.39 is 10.0 Å². The lowest BCUT2D eigenvalue weighted by atomic mass is 10.0. The molecule has 2 atom stereocenters. The Morgan fingerprint density at radius 1 is 1.07 bits per heavy atom. The number of nitrogens with zero attached hydrogens (tertiary/aromatic N) is 2. The first kappa shape index (κ1) is 17.9. The highest BCUT2D eigenvalue weighted by atomic mass is 32.2. The third-order valence-corrected chi connectivity index (χ3v) is 6.50. The molecule has 7 heteroatoms. The van der Waals surface area contributed by atoms with Gasteiger partial charge in [0.1, 0.15) is 0 Å². The molecule has 0 bridgehead atoms. The van der Waals surface area contributed by atoms with Crippen molar-refractivity contribution < 1.29 is 12.9 Å². The minimum atomic E-state index is -3.72. The lowest BCUT2D eigenvalue weighted by Crippen LogP contribution is -2.13. The second-order valence-electron chi connectivity index (χ2n) is 7.67. The van der Waals surface area contributed by atoms with Crippen LogP contribution in [0, 0.1) is 12.3 Å². The maximum absolute atomic E-state index is 11.6. The maximum atomic E-state index is 11.6. The van der Waals surface area contributed by atoms with Crippen LogP contribution in [0.15, 0.2) is 57.9 Å². The predicted octanol–water partition coefficient (Wildman–Crippen LogP) is 3.60. The summed E-state index contributed by atoms with van der Waals surface area (Å²) in [5.41, 5.74) is 2.55. The van der Waals surface area contributed by atoms with Crippen LogP contribution >= 0.6 is 0 Å². The van der Waals surface area contributed by atoms with Gasteiger partial charge in [0.05, 0.1) is 10.8 Å². The molecule has 27 heavy (non-hydrogen) atoms.